The second-order valence-corrected chi connectivity index (χ2v) is 5.91. The van der Waals surface area contributed by atoms with Gasteiger partial charge in [0.2, 0.25) is 5.91 Å². The van der Waals surface area contributed by atoms with Gasteiger partial charge in [0.1, 0.15) is 5.75 Å². The molecule has 122 valence electrons. The predicted molar refractivity (Wildman–Crippen MR) is 93.3 cm³/mol. The van der Waals surface area contributed by atoms with Gasteiger partial charge < -0.3 is 10.5 Å². The van der Waals surface area contributed by atoms with E-state index in [1.807, 2.05) is 59.2 Å². The van der Waals surface area contributed by atoms with E-state index in [1.54, 1.807) is 7.11 Å². The maximum atomic E-state index is 11.1. The number of amides is 1. The average molecular weight is 340 g/mol. The molecule has 2 aromatic carbocycles. The first-order valence-corrected chi connectivity index (χ1v) is 8.24. The number of rotatable bonds is 6. The van der Waals surface area contributed by atoms with E-state index in [-0.39, 0.29) is 5.75 Å². The largest absolute Gasteiger partial charge is 0.497 e. The van der Waals surface area contributed by atoms with Crippen LogP contribution in [0.2, 0.25) is 0 Å². The smallest absolute Gasteiger partial charge is 0.227 e. The average Bonchev–Trinajstić information content (AvgIpc) is 3.04. The molecule has 0 atom stereocenters. The molecule has 0 saturated carbocycles. The van der Waals surface area contributed by atoms with Crippen LogP contribution in [0, 0.1) is 0 Å². The van der Waals surface area contributed by atoms with Crippen LogP contribution in [-0.2, 0) is 4.79 Å². The molecular weight excluding hydrogens is 324 g/mol. The molecule has 0 spiro atoms. The third-order valence-electron chi connectivity index (χ3n) is 3.32. The number of nitrogens with zero attached hydrogens (tertiary/aromatic N) is 3. The summed E-state index contributed by atoms with van der Waals surface area (Å²) in [6.45, 7) is 0. The highest BCUT2D eigenvalue weighted by atomic mass is 32.2. The summed E-state index contributed by atoms with van der Waals surface area (Å²) in [5, 5.41) is 9.12. The lowest BCUT2D eigenvalue weighted by Gasteiger charge is -2.11. The number of nitrogens with two attached hydrogens (primary N) is 1. The van der Waals surface area contributed by atoms with Crippen LogP contribution in [0.5, 0.6) is 5.75 Å². The quantitative estimate of drug-likeness (QED) is 0.697. The highest BCUT2D eigenvalue weighted by molar-refractivity contribution is 7.99. The van der Waals surface area contributed by atoms with Crippen LogP contribution in [-0.4, -0.2) is 33.5 Å². The van der Waals surface area contributed by atoms with Crippen LogP contribution >= 0.6 is 11.8 Å². The zero-order valence-corrected chi connectivity index (χ0v) is 13.9. The van der Waals surface area contributed by atoms with Gasteiger partial charge >= 0.3 is 0 Å². The molecule has 1 aromatic heterocycles. The Morgan fingerprint density at radius 2 is 1.96 bits per heavy atom. The summed E-state index contributed by atoms with van der Waals surface area (Å²) < 4.78 is 7.20. The van der Waals surface area contributed by atoms with Gasteiger partial charge in [0.05, 0.1) is 18.6 Å². The lowest BCUT2D eigenvalue weighted by Crippen LogP contribution is -2.13. The van der Waals surface area contributed by atoms with Crippen molar-refractivity contribution < 1.29 is 9.53 Å². The molecule has 0 bridgehead atoms. The normalized spacial score (nSPS) is 10.5. The topological polar surface area (TPSA) is 83.0 Å². The summed E-state index contributed by atoms with van der Waals surface area (Å²) in [4.78, 5) is 11.1. The van der Waals surface area contributed by atoms with Gasteiger partial charge in [-0.1, -0.05) is 48.2 Å². The van der Waals surface area contributed by atoms with Crippen molar-refractivity contribution in [3.05, 3.63) is 54.6 Å². The minimum Gasteiger partial charge on any atom is -0.497 e. The van der Waals surface area contributed by atoms with Crippen LogP contribution in [0.15, 0.2) is 59.8 Å². The van der Waals surface area contributed by atoms with E-state index < -0.39 is 5.91 Å². The molecular formula is C17H16N4O2S. The number of aromatic nitrogens is 3. The van der Waals surface area contributed by atoms with E-state index in [1.165, 1.54) is 11.8 Å². The Morgan fingerprint density at radius 3 is 2.67 bits per heavy atom. The minimum absolute atomic E-state index is 0.136. The van der Waals surface area contributed by atoms with Crippen LogP contribution in [0.4, 0.5) is 0 Å². The van der Waals surface area contributed by atoms with Gasteiger partial charge in [0.25, 0.3) is 0 Å². The molecule has 0 saturated heterocycles. The Labute approximate surface area is 143 Å². The minimum atomic E-state index is -0.401. The molecule has 2 N–H and O–H groups in total. The number of carbonyl (C=O) groups is 1. The summed E-state index contributed by atoms with van der Waals surface area (Å²) in [5.74, 6) is 1.15. The highest BCUT2D eigenvalue weighted by Crippen LogP contribution is 2.29. The molecule has 6 nitrogen and oxygen atoms in total. The first kappa shape index (κ1) is 16.1. The number of thioether (sulfide) groups is 1. The number of methoxy groups -OCH3 is 1. The van der Waals surface area contributed by atoms with Crippen LogP contribution in [0.25, 0.3) is 17.1 Å². The SMILES string of the molecule is COc1cccc(-n2c(SCC(N)=O)nnc2-c2ccccc2)c1. The van der Waals surface area contributed by atoms with E-state index in [0.29, 0.717) is 11.0 Å². The molecule has 3 aromatic rings. The second-order valence-electron chi connectivity index (χ2n) is 4.96. The number of ether oxygens (including phenoxy) is 1. The fourth-order valence-electron chi connectivity index (χ4n) is 2.26. The Balaban J connectivity index is 2.11. The number of hydrogen-bond donors (Lipinski definition) is 1. The number of carbonyl (C=O) groups excluding carboxylic acids is 1. The maximum Gasteiger partial charge on any atom is 0.227 e. The predicted octanol–water partition coefficient (Wildman–Crippen LogP) is 2.52. The zero-order chi connectivity index (χ0) is 16.9. The monoisotopic (exact) mass is 340 g/mol. The third-order valence-corrected chi connectivity index (χ3v) is 4.27. The lowest BCUT2D eigenvalue weighted by molar-refractivity contribution is -0.115. The third kappa shape index (κ3) is 3.41. The number of benzene rings is 2. The van der Waals surface area contributed by atoms with Gasteiger partial charge in [0, 0.05) is 11.6 Å². The molecule has 0 unspecified atom stereocenters. The van der Waals surface area contributed by atoms with Gasteiger partial charge in [-0.25, -0.2) is 0 Å². The summed E-state index contributed by atoms with van der Waals surface area (Å²) in [6.07, 6.45) is 0. The fourth-order valence-corrected chi connectivity index (χ4v) is 2.95. The number of hydrogen-bond acceptors (Lipinski definition) is 5. The Morgan fingerprint density at radius 1 is 1.17 bits per heavy atom. The molecule has 0 aliphatic rings. The van der Waals surface area contributed by atoms with Crippen molar-refractivity contribution in [3.8, 4) is 22.8 Å². The van der Waals surface area contributed by atoms with Crippen molar-refractivity contribution >= 4 is 17.7 Å². The summed E-state index contributed by atoms with van der Waals surface area (Å²) in [7, 11) is 1.62. The first-order chi connectivity index (χ1) is 11.7. The van der Waals surface area contributed by atoms with E-state index in [4.69, 9.17) is 10.5 Å². The summed E-state index contributed by atoms with van der Waals surface area (Å²) in [5.41, 5.74) is 7.04. The number of primary amides is 1. The summed E-state index contributed by atoms with van der Waals surface area (Å²) in [6, 6.07) is 17.3. The van der Waals surface area contributed by atoms with Gasteiger partial charge in [-0.15, -0.1) is 10.2 Å². The van der Waals surface area contributed by atoms with Gasteiger partial charge in [0.15, 0.2) is 11.0 Å². The van der Waals surface area contributed by atoms with Crippen molar-refractivity contribution in [2.24, 2.45) is 5.73 Å². The molecule has 3 rings (SSSR count). The van der Waals surface area contributed by atoms with Crippen LogP contribution < -0.4 is 10.5 Å². The van der Waals surface area contributed by atoms with E-state index >= 15 is 0 Å². The molecule has 7 heteroatoms. The molecule has 1 heterocycles. The highest BCUT2D eigenvalue weighted by Gasteiger charge is 2.17. The lowest BCUT2D eigenvalue weighted by atomic mass is 10.2. The van der Waals surface area contributed by atoms with Crippen molar-refractivity contribution in [3.63, 3.8) is 0 Å². The zero-order valence-electron chi connectivity index (χ0n) is 13.0. The molecule has 1 amide bonds. The fraction of sp³-hybridized carbons (Fsp3) is 0.118. The molecule has 0 aliphatic heterocycles. The summed E-state index contributed by atoms with van der Waals surface area (Å²) >= 11 is 1.25. The van der Waals surface area contributed by atoms with Gasteiger partial charge in [-0.3, -0.25) is 9.36 Å². The maximum absolute atomic E-state index is 11.1. The molecule has 0 fully saturated rings. The van der Waals surface area contributed by atoms with E-state index in [0.717, 1.165) is 17.0 Å². The first-order valence-electron chi connectivity index (χ1n) is 7.25. The van der Waals surface area contributed by atoms with Crippen molar-refractivity contribution in [1.82, 2.24) is 14.8 Å². The standard InChI is InChI=1S/C17H16N4O2S/c1-23-14-9-5-8-13(10-14)21-16(12-6-3-2-4-7-12)19-20-17(21)24-11-15(18)22/h2-10H,11H2,1H3,(H2,18,22). The molecule has 0 aliphatic carbocycles. The van der Waals surface area contributed by atoms with Crippen molar-refractivity contribution in [2.45, 2.75) is 5.16 Å². The second kappa shape index (κ2) is 7.18. The van der Waals surface area contributed by atoms with Crippen LogP contribution in [0.1, 0.15) is 0 Å². The van der Waals surface area contributed by atoms with Crippen molar-refractivity contribution in [2.75, 3.05) is 12.9 Å². The van der Waals surface area contributed by atoms with E-state index in [9.17, 15) is 4.79 Å². The Hall–Kier alpha value is -2.80. The van der Waals surface area contributed by atoms with E-state index in [2.05, 4.69) is 10.2 Å². The Bertz CT molecular complexity index is 849. The van der Waals surface area contributed by atoms with Gasteiger partial charge in [-0.2, -0.15) is 0 Å². The molecule has 0 radical (unpaired) electrons. The van der Waals surface area contributed by atoms with Crippen LogP contribution in [0.3, 0.4) is 0 Å². The van der Waals surface area contributed by atoms with Crippen molar-refractivity contribution in [1.29, 1.82) is 0 Å². The molecule has 24 heavy (non-hydrogen) atoms. The Kier molecular flexibility index (Phi) is 4.81. The van der Waals surface area contributed by atoms with Gasteiger partial charge in [-0.05, 0) is 12.1 Å².